The summed E-state index contributed by atoms with van der Waals surface area (Å²) in [6.07, 6.45) is 6.08. The number of hydrogen-bond acceptors (Lipinski definition) is 2. The van der Waals surface area contributed by atoms with Gasteiger partial charge in [-0.1, -0.05) is 26.7 Å². The van der Waals surface area contributed by atoms with Gasteiger partial charge in [-0.25, -0.2) is 0 Å². The molecule has 1 aliphatic rings. The first-order valence-corrected chi connectivity index (χ1v) is 5.18. The van der Waals surface area contributed by atoms with Crippen molar-refractivity contribution in [2.24, 2.45) is 5.92 Å². The van der Waals surface area contributed by atoms with Crippen molar-refractivity contribution in [3.63, 3.8) is 0 Å². The molecule has 0 fully saturated rings. The third-order valence-corrected chi connectivity index (χ3v) is 2.45. The average Bonchev–Trinajstić information content (AvgIpc) is 2.46. The van der Waals surface area contributed by atoms with Crippen molar-refractivity contribution in [2.75, 3.05) is 6.54 Å². The van der Waals surface area contributed by atoms with E-state index in [1.54, 1.807) is 0 Å². The van der Waals surface area contributed by atoms with Crippen LogP contribution in [0, 0.1) is 5.92 Å². The van der Waals surface area contributed by atoms with E-state index < -0.39 is 0 Å². The molecule has 0 aromatic rings. The molecular formula is C11H17NO2. The van der Waals surface area contributed by atoms with E-state index in [1.165, 1.54) is 17.1 Å². The van der Waals surface area contributed by atoms with Gasteiger partial charge in [-0.05, 0) is 12.3 Å². The van der Waals surface area contributed by atoms with Crippen molar-refractivity contribution in [3.8, 4) is 0 Å². The molecule has 2 amide bonds. The van der Waals surface area contributed by atoms with E-state index in [0.29, 0.717) is 12.5 Å². The molecule has 3 heteroatoms. The van der Waals surface area contributed by atoms with Crippen LogP contribution in [0.3, 0.4) is 0 Å². The molecule has 78 valence electrons. The molecule has 1 aliphatic heterocycles. The van der Waals surface area contributed by atoms with Gasteiger partial charge in [0.05, 0.1) is 0 Å². The van der Waals surface area contributed by atoms with Crippen LogP contribution in [0.2, 0.25) is 0 Å². The van der Waals surface area contributed by atoms with E-state index in [9.17, 15) is 9.59 Å². The van der Waals surface area contributed by atoms with Crippen molar-refractivity contribution >= 4 is 11.8 Å². The second-order valence-electron chi connectivity index (χ2n) is 3.87. The van der Waals surface area contributed by atoms with Gasteiger partial charge in [0, 0.05) is 18.7 Å². The number of imide groups is 1. The second kappa shape index (κ2) is 4.94. The Morgan fingerprint density at radius 2 is 1.86 bits per heavy atom. The van der Waals surface area contributed by atoms with Crippen molar-refractivity contribution in [3.05, 3.63) is 12.2 Å². The van der Waals surface area contributed by atoms with E-state index in [0.717, 1.165) is 19.3 Å². The fourth-order valence-corrected chi connectivity index (χ4v) is 1.57. The Kier molecular flexibility index (Phi) is 3.86. The molecule has 1 unspecified atom stereocenters. The van der Waals surface area contributed by atoms with Crippen molar-refractivity contribution in [1.29, 1.82) is 0 Å². The first-order chi connectivity index (χ1) is 6.65. The van der Waals surface area contributed by atoms with Crippen LogP contribution < -0.4 is 0 Å². The third kappa shape index (κ3) is 2.69. The largest absolute Gasteiger partial charge is 0.275 e. The Hall–Kier alpha value is -1.12. The number of rotatable bonds is 5. The Morgan fingerprint density at radius 1 is 1.29 bits per heavy atom. The molecule has 0 aromatic heterocycles. The van der Waals surface area contributed by atoms with E-state index >= 15 is 0 Å². The Labute approximate surface area is 84.8 Å². The molecule has 1 rings (SSSR count). The minimum Gasteiger partial charge on any atom is -0.275 e. The molecule has 0 N–H and O–H groups in total. The minimum atomic E-state index is -0.168. The molecule has 0 bridgehead atoms. The zero-order chi connectivity index (χ0) is 10.6. The monoisotopic (exact) mass is 195 g/mol. The van der Waals surface area contributed by atoms with E-state index in [2.05, 4.69) is 13.8 Å². The lowest BCUT2D eigenvalue weighted by molar-refractivity contribution is -0.137. The molecule has 0 aromatic carbocycles. The van der Waals surface area contributed by atoms with Gasteiger partial charge in [0.15, 0.2) is 0 Å². The SMILES string of the molecule is CCCCC(C)CN1C(=O)C=CC1=O. The van der Waals surface area contributed by atoms with Crippen molar-refractivity contribution in [1.82, 2.24) is 4.90 Å². The van der Waals surface area contributed by atoms with Crippen molar-refractivity contribution < 1.29 is 9.59 Å². The zero-order valence-corrected chi connectivity index (χ0v) is 8.82. The lowest BCUT2D eigenvalue weighted by atomic mass is 10.0. The summed E-state index contributed by atoms with van der Waals surface area (Å²) in [7, 11) is 0. The highest BCUT2D eigenvalue weighted by molar-refractivity contribution is 6.12. The third-order valence-electron chi connectivity index (χ3n) is 2.45. The molecule has 0 saturated heterocycles. The maximum atomic E-state index is 11.2. The van der Waals surface area contributed by atoms with Crippen LogP contribution in [0.25, 0.3) is 0 Å². The van der Waals surface area contributed by atoms with Gasteiger partial charge >= 0.3 is 0 Å². The number of carbonyl (C=O) groups excluding carboxylic acids is 2. The second-order valence-corrected chi connectivity index (χ2v) is 3.87. The first-order valence-electron chi connectivity index (χ1n) is 5.18. The normalized spacial score (nSPS) is 18.0. The summed E-state index contributed by atoms with van der Waals surface area (Å²) in [5, 5.41) is 0. The summed E-state index contributed by atoms with van der Waals surface area (Å²) in [5.41, 5.74) is 0. The lowest BCUT2D eigenvalue weighted by Crippen LogP contribution is -2.33. The van der Waals surface area contributed by atoms with Gasteiger partial charge in [-0.3, -0.25) is 14.5 Å². The predicted molar refractivity (Wildman–Crippen MR) is 54.5 cm³/mol. The summed E-state index contributed by atoms with van der Waals surface area (Å²) in [5.74, 6) is 0.0689. The predicted octanol–water partition coefficient (Wildman–Crippen LogP) is 1.74. The average molecular weight is 195 g/mol. The topological polar surface area (TPSA) is 37.4 Å². The number of nitrogens with zero attached hydrogens (tertiary/aromatic N) is 1. The standard InChI is InChI=1S/C11H17NO2/c1-3-4-5-9(2)8-12-10(13)6-7-11(12)14/h6-7,9H,3-5,8H2,1-2H3. The summed E-state index contributed by atoms with van der Waals surface area (Å²) in [6.45, 7) is 4.78. The summed E-state index contributed by atoms with van der Waals surface area (Å²) < 4.78 is 0. The molecule has 1 heterocycles. The van der Waals surface area contributed by atoms with Gasteiger partial charge in [0.25, 0.3) is 11.8 Å². The lowest BCUT2D eigenvalue weighted by Gasteiger charge is -2.18. The smallest absolute Gasteiger partial charge is 0.253 e. The van der Waals surface area contributed by atoms with Gasteiger partial charge < -0.3 is 0 Å². The van der Waals surface area contributed by atoms with E-state index in [1.807, 2.05) is 0 Å². The van der Waals surface area contributed by atoms with Crippen LogP contribution in [0.5, 0.6) is 0 Å². The number of unbranched alkanes of at least 4 members (excludes halogenated alkanes) is 1. The highest BCUT2D eigenvalue weighted by atomic mass is 16.2. The Morgan fingerprint density at radius 3 is 2.36 bits per heavy atom. The van der Waals surface area contributed by atoms with Crippen LogP contribution >= 0.6 is 0 Å². The molecule has 1 atom stereocenters. The molecule has 0 spiro atoms. The fourth-order valence-electron chi connectivity index (χ4n) is 1.57. The Bertz CT molecular complexity index is 240. The highest BCUT2D eigenvalue weighted by Gasteiger charge is 2.24. The fraction of sp³-hybridized carbons (Fsp3) is 0.636. The molecule has 0 aliphatic carbocycles. The molecular weight excluding hydrogens is 178 g/mol. The maximum absolute atomic E-state index is 11.2. The number of hydrogen-bond donors (Lipinski definition) is 0. The minimum absolute atomic E-state index is 0.168. The summed E-state index contributed by atoms with van der Waals surface area (Å²) in [6, 6.07) is 0. The van der Waals surface area contributed by atoms with Gasteiger partial charge in [-0.15, -0.1) is 0 Å². The van der Waals surface area contributed by atoms with Gasteiger partial charge in [-0.2, -0.15) is 0 Å². The van der Waals surface area contributed by atoms with Crippen LogP contribution in [0.4, 0.5) is 0 Å². The van der Waals surface area contributed by atoms with Crippen LogP contribution in [-0.2, 0) is 9.59 Å². The van der Waals surface area contributed by atoms with Gasteiger partial charge in [0.2, 0.25) is 0 Å². The van der Waals surface area contributed by atoms with E-state index in [-0.39, 0.29) is 11.8 Å². The molecule has 3 nitrogen and oxygen atoms in total. The van der Waals surface area contributed by atoms with Gasteiger partial charge in [0.1, 0.15) is 0 Å². The van der Waals surface area contributed by atoms with Crippen LogP contribution in [0.1, 0.15) is 33.1 Å². The number of carbonyl (C=O) groups is 2. The van der Waals surface area contributed by atoms with Crippen LogP contribution in [0.15, 0.2) is 12.2 Å². The first kappa shape index (κ1) is 11.0. The molecule has 0 radical (unpaired) electrons. The summed E-state index contributed by atoms with van der Waals surface area (Å²) >= 11 is 0. The molecule has 0 saturated carbocycles. The van der Waals surface area contributed by atoms with E-state index in [4.69, 9.17) is 0 Å². The van der Waals surface area contributed by atoms with Crippen molar-refractivity contribution in [2.45, 2.75) is 33.1 Å². The number of amides is 2. The molecule has 14 heavy (non-hydrogen) atoms. The highest BCUT2D eigenvalue weighted by Crippen LogP contribution is 2.12. The quantitative estimate of drug-likeness (QED) is 0.626. The maximum Gasteiger partial charge on any atom is 0.253 e. The zero-order valence-electron chi connectivity index (χ0n) is 8.82. The Balaban J connectivity index is 2.37. The van der Waals surface area contributed by atoms with Crippen LogP contribution in [-0.4, -0.2) is 23.3 Å². The summed E-state index contributed by atoms with van der Waals surface area (Å²) in [4.78, 5) is 23.7.